The fourth-order valence-electron chi connectivity index (χ4n) is 6.10. The Bertz CT molecular complexity index is 1770. The standard InChI is InChI=1S/C33H31BrN4O5/c1-42-29-13-11-23(16-30(29)43-2)35-32(40)21-10-12-28(26(15-21)36-33(41)24-6-3-4-7-25(24)34)37-17-20-14-22(19-37)27-8-5-9-31(39)38(27)18-20/h3-13,15-16,20,22H,14,17-19H2,1-2H3,(H,35,40)(H,36,41)/t20-,22+/m1/s1. The molecule has 2 N–H and O–H groups in total. The molecule has 9 nitrogen and oxygen atoms in total. The van der Waals surface area contributed by atoms with Crippen LogP contribution in [0.15, 0.2) is 88.1 Å². The van der Waals surface area contributed by atoms with Gasteiger partial charge in [0.05, 0.1) is 31.2 Å². The van der Waals surface area contributed by atoms with Crippen molar-refractivity contribution in [2.75, 3.05) is 42.8 Å². The minimum absolute atomic E-state index is 0.0342. The number of piperidine rings is 1. The minimum atomic E-state index is -0.334. The van der Waals surface area contributed by atoms with Crippen LogP contribution in [-0.4, -0.2) is 43.7 Å². The molecule has 0 aliphatic carbocycles. The molecule has 2 atom stereocenters. The summed E-state index contributed by atoms with van der Waals surface area (Å²) in [5, 5.41) is 5.98. The van der Waals surface area contributed by atoms with Crippen molar-refractivity contribution in [3.8, 4) is 11.5 Å². The van der Waals surface area contributed by atoms with Crippen LogP contribution in [0.1, 0.15) is 38.7 Å². The molecule has 4 aromatic rings. The molecule has 10 heteroatoms. The van der Waals surface area contributed by atoms with Gasteiger partial charge in [-0.25, -0.2) is 0 Å². The van der Waals surface area contributed by atoms with Crippen molar-refractivity contribution in [3.63, 3.8) is 0 Å². The molecule has 2 amide bonds. The molecule has 2 aliphatic heterocycles. The molecular formula is C33H31BrN4O5. The molecule has 0 spiro atoms. The van der Waals surface area contributed by atoms with Gasteiger partial charge in [0.1, 0.15) is 0 Å². The van der Waals surface area contributed by atoms with E-state index in [1.165, 1.54) is 7.11 Å². The van der Waals surface area contributed by atoms with Crippen molar-refractivity contribution in [1.29, 1.82) is 0 Å². The Morgan fingerprint density at radius 2 is 1.65 bits per heavy atom. The molecular weight excluding hydrogens is 612 g/mol. The van der Waals surface area contributed by atoms with Crippen LogP contribution in [-0.2, 0) is 6.54 Å². The maximum Gasteiger partial charge on any atom is 0.256 e. The fraction of sp³-hybridized carbons (Fsp3) is 0.242. The van der Waals surface area contributed by atoms with Crippen LogP contribution in [0.25, 0.3) is 0 Å². The average molecular weight is 644 g/mol. The van der Waals surface area contributed by atoms with Gasteiger partial charge in [-0.2, -0.15) is 0 Å². The Labute approximate surface area is 257 Å². The number of hydrogen-bond acceptors (Lipinski definition) is 6. The number of methoxy groups -OCH3 is 2. The van der Waals surface area contributed by atoms with Crippen LogP contribution in [0.5, 0.6) is 11.5 Å². The Morgan fingerprint density at radius 3 is 2.44 bits per heavy atom. The summed E-state index contributed by atoms with van der Waals surface area (Å²) in [5.41, 5.74) is 3.84. The van der Waals surface area contributed by atoms with Gasteiger partial charge in [0.15, 0.2) is 11.5 Å². The number of halogens is 1. The highest BCUT2D eigenvalue weighted by Gasteiger charge is 2.35. The number of rotatable bonds is 7. The molecule has 1 saturated heterocycles. The predicted octanol–water partition coefficient (Wildman–Crippen LogP) is 5.76. The Balaban J connectivity index is 1.33. The first-order valence-electron chi connectivity index (χ1n) is 14.0. The summed E-state index contributed by atoms with van der Waals surface area (Å²) in [6.45, 7) is 2.08. The summed E-state index contributed by atoms with van der Waals surface area (Å²) in [4.78, 5) is 41.6. The number of carbonyl (C=O) groups excluding carboxylic acids is 2. The third kappa shape index (κ3) is 5.75. The normalized spacial score (nSPS) is 17.0. The van der Waals surface area contributed by atoms with E-state index in [1.54, 1.807) is 55.6 Å². The first-order valence-corrected chi connectivity index (χ1v) is 14.8. The van der Waals surface area contributed by atoms with Crippen molar-refractivity contribution in [1.82, 2.24) is 4.57 Å². The second-order valence-corrected chi connectivity index (χ2v) is 11.6. The Kier molecular flexibility index (Phi) is 7.94. The number of carbonyl (C=O) groups is 2. The highest BCUT2D eigenvalue weighted by atomic mass is 79.9. The van der Waals surface area contributed by atoms with E-state index in [4.69, 9.17) is 9.47 Å². The first-order chi connectivity index (χ1) is 20.8. The van der Waals surface area contributed by atoms with Crippen molar-refractivity contribution in [2.24, 2.45) is 5.92 Å². The average Bonchev–Trinajstić information content (AvgIpc) is 3.01. The Hall–Kier alpha value is -4.57. The summed E-state index contributed by atoms with van der Waals surface area (Å²) >= 11 is 3.47. The summed E-state index contributed by atoms with van der Waals surface area (Å²) in [5.74, 6) is 0.893. The van der Waals surface area contributed by atoms with E-state index in [2.05, 4.69) is 31.5 Å². The van der Waals surface area contributed by atoms with Gasteiger partial charge >= 0.3 is 0 Å². The maximum atomic E-state index is 13.4. The van der Waals surface area contributed by atoms with Gasteiger partial charge in [0, 0.05) is 59.1 Å². The number of aromatic nitrogens is 1. The van der Waals surface area contributed by atoms with E-state index in [0.717, 1.165) is 24.3 Å². The van der Waals surface area contributed by atoms with Gasteiger partial charge < -0.3 is 29.6 Å². The molecule has 2 aliphatic rings. The molecule has 3 heterocycles. The second-order valence-electron chi connectivity index (χ2n) is 10.8. The number of ether oxygens (including phenoxy) is 2. The van der Waals surface area contributed by atoms with Crippen LogP contribution in [0.2, 0.25) is 0 Å². The smallest absolute Gasteiger partial charge is 0.256 e. The largest absolute Gasteiger partial charge is 0.493 e. The lowest BCUT2D eigenvalue weighted by Gasteiger charge is -2.44. The van der Waals surface area contributed by atoms with E-state index in [-0.39, 0.29) is 29.2 Å². The molecule has 220 valence electrons. The zero-order valence-electron chi connectivity index (χ0n) is 23.8. The summed E-state index contributed by atoms with van der Waals surface area (Å²) in [7, 11) is 3.09. The molecule has 0 radical (unpaired) electrons. The quantitative estimate of drug-likeness (QED) is 0.266. The van der Waals surface area contributed by atoms with Crippen LogP contribution < -0.4 is 30.6 Å². The van der Waals surface area contributed by atoms with E-state index in [1.807, 2.05) is 34.9 Å². The summed E-state index contributed by atoms with van der Waals surface area (Å²) in [6, 6.07) is 23.2. The maximum absolute atomic E-state index is 13.4. The van der Waals surface area contributed by atoms with Crippen LogP contribution in [0.4, 0.5) is 17.1 Å². The van der Waals surface area contributed by atoms with E-state index < -0.39 is 0 Å². The lowest BCUT2D eigenvalue weighted by atomic mass is 9.83. The van der Waals surface area contributed by atoms with Crippen LogP contribution >= 0.6 is 15.9 Å². The van der Waals surface area contributed by atoms with Crippen LogP contribution in [0, 0.1) is 5.92 Å². The fourth-order valence-corrected chi connectivity index (χ4v) is 6.56. The molecule has 1 fully saturated rings. The van der Waals surface area contributed by atoms with Gasteiger partial charge in [-0.05, 0) is 76.8 Å². The highest BCUT2D eigenvalue weighted by Crippen LogP contribution is 2.40. The zero-order valence-corrected chi connectivity index (χ0v) is 25.4. The Morgan fingerprint density at radius 1 is 0.837 bits per heavy atom. The number of nitrogens with zero attached hydrogens (tertiary/aromatic N) is 2. The van der Waals surface area contributed by atoms with Gasteiger partial charge in [0.25, 0.3) is 17.4 Å². The summed E-state index contributed by atoms with van der Waals surface area (Å²) < 4.78 is 13.2. The highest BCUT2D eigenvalue weighted by molar-refractivity contribution is 9.10. The molecule has 6 rings (SSSR count). The van der Waals surface area contributed by atoms with E-state index >= 15 is 0 Å². The van der Waals surface area contributed by atoms with E-state index in [9.17, 15) is 14.4 Å². The number of nitrogens with one attached hydrogen (secondary N) is 2. The minimum Gasteiger partial charge on any atom is -0.493 e. The molecule has 3 aromatic carbocycles. The topological polar surface area (TPSA) is 102 Å². The zero-order chi connectivity index (χ0) is 30.1. The van der Waals surface area contributed by atoms with Gasteiger partial charge in [-0.1, -0.05) is 18.2 Å². The lowest BCUT2D eigenvalue weighted by molar-refractivity contribution is 0.101. The number of pyridine rings is 1. The lowest BCUT2D eigenvalue weighted by Crippen LogP contribution is -2.47. The van der Waals surface area contributed by atoms with Crippen molar-refractivity contribution in [2.45, 2.75) is 18.9 Å². The monoisotopic (exact) mass is 642 g/mol. The van der Waals surface area contributed by atoms with Crippen molar-refractivity contribution >= 4 is 44.8 Å². The SMILES string of the molecule is COc1ccc(NC(=O)c2ccc(N3C[C@H]4C[C@@H](C3)c3cccc(=O)n3C4)c(NC(=O)c3ccccc3Br)c2)cc1OC. The number of hydrogen-bond donors (Lipinski definition) is 2. The van der Waals surface area contributed by atoms with Gasteiger partial charge in [-0.15, -0.1) is 0 Å². The second kappa shape index (κ2) is 12.0. The number of benzene rings is 3. The molecule has 2 bridgehead atoms. The van der Waals surface area contributed by atoms with Crippen molar-refractivity contribution < 1.29 is 19.1 Å². The molecule has 1 aromatic heterocycles. The number of anilines is 3. The van der Waals surface area contributed by atoms with Gasteiger partial charge in [-0.3, -0.25) is 14.4 Å². The first kappa shape index (κ1) is 28.5. The third-order valence-corrected chi connectivity index (χ3v) is 8.78. The third-order valence-electron chi connectivity index (χ3n) is 8.09. The molecule has 0 saturated carbocycles. The van der Waals surface area contributed by atoms with E-state index in [0.29, 0.717) is 51.6 Å². The van der Waals surface area contributed by atoms with Crippen molar-refractivity contribution in [3.05, 3.63) is 111 Å². The number of fused-ring (bicyclic) bond motifs is 4. The number of amides is 2. The summed E-state index contributed by atoms with van der Waals surface area (Å²) in [6.07, 6.45) is 1.00. The predicted molar refractivity (Wildman–Crippen MR) is 170 cm³/mol. The molecule has 43 heavy (non-hydrogen) atoms. The molecule has 0 unspecified atom stereocenters. The van der Waals surface area contributed by atoms with Gasteiger partial charge in [0.2, 0.25) is 0 Å². The van der Waals surface area contributed by atoms with Crippen LogP contribution in [0.3, 0.4) is 0 Å².